The Morgan fingerprint density at radius 2 is 2.27 bits per heavy atom. The zero-order chi connectivity index (χ0) is 16.1. The highest BCUT2D eigenvalue weighted by atomic mass is 16.2. The molecule has 1 heterocycles. The molecule has 0 unspecified atom stereocenters. The first kappa shape index (κ1) is 16.0. The van der Waals surface area contributed by atoms with Crippen molar-refractivity contribution < 1.29 is 9.59 Å². The topological polar surface area (TPSA) is 91.1 Å². The van der Waals surface area contributed by atoms with Crippen LogP contribution in [0.15, 0.2) is 29.6 Å². The van der Waals surface area contributed by atoms with Crippen LogP contribution in [0.25, 0.3) is 0 Å². The predicted octanol–water partition coefficient (Wildman–Crippen LogP) is 0.949. The molecule has 0 spiro atoms. The van der Waals surface area contributed by atoms with Crippen molar-refractivity contribution in [3.8, 4) is 0 Å². The van der Waals surface area contributed by atoms with Crippen LogP contribution in [0.2, 0.25) is 0 Å². The van der Waals surface area contributed by atoms with Gasteiger partial charge in [-0.15, -0.1) is 6.58 Å². The molecule has 2 atom stereocenters. The van der Waals surface area contributed by atoms with Gasteiger partial charge < -0.3 is 15.6 Å². The highest BCUT2D eigenvalue weighted by Crippen LogP contribution is 2.27. The minimum atomic E-state index is -0.622. The lowest BCUT2D eigenvalue weighted by Gasteiger charge is -2.27. The molecule has 1 aliphatic rings. The number of rotatable bonds is 5. The van der Waals surface area contributed by atoms with E-state index in [0.29, 0.717) is 6.42 Å². The van der Waals surface area contributed by atoms with Gasteiger partial charge in [0.25, 0.3) is 0 Å². The molecule has 6 nitrogen and oxygen atoms in total. The summed E-state index contributed by atoms with van der Waals surface area (Å²) in [6.45, 7) is 4.99. The second-order valence-corrected chi connectivity index (χ2v) is 5.49. The number of fused-ring (bicyclic) bond motifs is 1. The summed E-state index contributed by atoms with van der Waals surface area (Å²) in [6, 6.07) is 2.47. The van der Waals surface area contributed by atoms with E-state index in [2.05, 4.69) is 22.2 Å². The number of amides is 2. The second-order valence-electron chi connectivity index (χ2n) is 5.49. The van der Waals surface area contributed by atoms with Crippen LogP contribution in [-0.4, -0.2) is 22.8 Å². The second kappa shape index (κ2) is 7.06. The Labute approximate surface area is 129 Å². The van der Waals surface area contributed by atoms with E-state index in [-0.39, 0.29) is 23.4 Å². The maximum atomic E-state index is 12.4. The fourth-order valence-corrected chi connectivity index (χ4v) is 2.77. The summed E-state index contributed by atoms with van der Waals surface area (Å²) in [5.74, 6) is -0.491. The zero-order valence-corrected chi connectivity index (χ0v) is 12.6. The van der Waals surface area contributed by atoms with Gasteiger partial charge in [-0.25, -0.2) is 0 Å². The standard InChI is InChI=1S/C16H21N3O3/c1-3-5-14(17-10(2)20)16(22)19-13-7-4-6-12-11(13)8-9-15(21)18-12/h3,8-9,13-14H,1,4-7H2,2H3,(H,17,20)(H,18,21)(H,19,22)/t13-,14-/m0/s1. The molecule has 1 aliphatic carbocycles. The molecule has 2 amide bonds. The van der Waals surface area contributed by atoms with E-state index in [9.17, 15) is 14.4 Å². The highest BCUT2D eigenvalue weighted by molar-refractivity contribution is 5.87. The Kier molecular flexibility index (Phi) is 5.14. The summed E-state index contributed by atoms with van der Waals surface area (Å²) >= 11 is 0. The summed E-state index contributed by atoms with van der Waals surface area (Å²) in [5, 5.41) is 5.58. The molecule has 1 aromatic rings. The van der Waals surface area contributed by atoms with Crippen molar-refractivity contribution in [3.63, 3.8) is 0 Å². The smallest absolute Gasteiger partial charge is 0.248 e. The van der Waals surface area contributed by atoms with Crippen LogP contribution in [0.3, 0.4) is 0 Å². The largest absolute Gasteiger partial charge is 0.347 e. The van der Waals surface area contributed by atoms with Gasteiger partial charge in [0.2, 0.25) is 17.4 Å². The Bertz CT molecular complexity index is 636. The van der Waals surface area contributed by atoms with Gasteiger partial charge in [-0.1, -0.05) is 6.08 Å². The number of aromatic amines is 1. The third kappa shape index (κ3) is 3.84. The molecule has 0 bridgehead atoms. The minimum Gasteiger partial charge on any atom is -0.347 e. The van der Waals surface area contributed by atoms with Gasteiger partial charge in [-0.2, -0.15) is 0 Å². The zero-order valence-electron chi connectivity index (χ0n) is 12.6. The monoisotopic (exact) mass is 303 g/mol. The first-order valence-electron chi connectivity index (χ1n) is 7.41. The van der Waals surface area contributed by atoms with Crippen molar-refractivity contribution in [2.45, 2.75) is 44.7 Å². The number of nitrogens with one attached hydrogen (secondary N) is 3. The van der Waals surface area contributed by atoms with E-state index < -0.39 is 6.04 Å². The van der Waals surface area contributed by atoms with Gasteiger partial charge in [-0.05, 0) is 37.3 Å². The lowest BCUT2D eigenvalue weighted by atomic mass is 9.91. The van der Waals surface area contributed by atoms with Crippen molar-refractivity contribution in [2.75, 3.05) is 0 Å². The molecule has 118 valence electrons. The molecular formula is C16H21N3O3. The lowest BCUT2D eigenvalue weighted by Crippen LogP contribution is -2.47. The summed E-state index contributed by atoms with van der Waals surface area (Å²) in [7, 11) is 0. The van der Waals surface area contributed by atoms with Gasteiger partial charge in [0, 0.05) is 18.7 Å². The van der Waals surface area contributed by atoms with E-state index in [1.165, 1.54) is 13.0 Å². The van der Waals surface area contributed by atoms with Crippen molar-refractivity contribution in [2.24, 2.45) is 0 Å². The third-order valence-electron chi connectivity index (χ3n) is 3.74. The molecule has 6 heteroatoms. The van der Waals surface area contributed by atoms with Crippen LogP contribution in [0.5, 0.6) is 0 Å². The number of H-pyrrole nitrogens is 1. The number of carbonyl (C=O) groups excluding carboxylic acids is 2. The van der Waals surface area contributed by atoms with Gasteiger partial charge in [0.05, 0.1) is 6.04 Å². The molecule has 0 aromatic carbocycles. The Hall–Kier alpha value is -2.37. The molecule has 0 fully saturated rings. The van der Waals surface area contributed by atoms with E-state index in [1.807, 2.05) is 0 Å². The van der Waals surface area contributed by atoms with Crippen LogP contribution < -0.4 is 16.2 Å². The van der Waals surface area contributed by atoms with Crippen LogP contribution in [0.4, 0.5) is 0 Å². The normalized spacial score (nSPS) is 18.0. The maximum absolute atomic E-state index is 12.4. The molecule has 0 radical (unpaired) electrons. The molecule has 3 N–H and O–H groups in total. The summed E-state index contributed by atoms with van der Waals surface area (Å²) < 4.78 is 0. The minimum absolute atomic E-state index is 0.131. The molecule has 22 heavy (non-hydrogen) atoms. The first-order chi connectivity index (χ1) is 10.5. The fraction of sp³-hybridized carbons (Fsp3) is 0.438. The van der Waals surface area contributed by atoms with Crippen molar-refractivity contribution in [3.05, 3.63) is 46.4 Å². The predicted molar refractivity (Wildman–Crippen MR) is 83.3 cm³/mol. The average molecular weight is 303 g/mol. The van der Waals surface area contributed by atoms with E-state index >= 15 is 0 Å². The summed E-state index contributed by atoms with van der Waals surface area (Å²) in [5.41, 5.74) is 1.69. The van der Waals surface area contributed by atoms with Crippen molar-refractivity contribution in [1.82, 2.24) is 15.6 Å². The van der Waals surface area contributed by atoms with E-state index in [1.54, 1.807) is 12.1 Å². The number of aromatic nitrogens is 1. The Morgan fingerprint density at radius 3 is 2.95 bits per heavy atom. The maximum Gasteiger partial charge on any atom is 0.248 e. The molecule has 2 rings (SSSR count). The summed E-state index contributed by atoms with van der Waals surface area (Å²) in [4.78, 5) is 37.8. The number of aryl methyl sites for hydroxylation is 1. The van der Waals surface area contributed by atoms with Gasteiger partial charge in [0.15, 0.2) is 0 Å². The van der Waals surface area contributed by atoms with E-state index in [4.69, 9.17) is 0 Å². The number of hydrogen-bond donors (Lipinski definition) is 3. The Morgan fingerprint density at radius 1 is 1.50 bits per heavy atom. The highest BCUT2D eigenvalue weighted by Gasteiger charge is 2.25. The molecule has 1 aromatic heterocycles. The van der Waals surface area contributed by atoms with Crippen molar-refractivity contribution >= 4 is 11.8 Å². The molecule has 0 saturated carbocycles. The van der Waals surface area contributed by atoms with Crippen LogP contribution in [0.1, 0.15) is 43.5 Å². The first-order valence-corrected chi connectivity index (χ1v) is 7.41. The number of pyridine rings is 1. The quantitative estimate of drug-likeness (QED) is 0.707. The average Bonchev–Trinajstić information content (AvgIpc) is 2.46. The molecular weight excluding hydrogens is 282 g/mol. The number of carbonyl (C=O) groups is 2. The van der Waals surface area contributed by atoms with Crippen LogP contribution >= 0.6 is 0 Å². The van der Waals surface area contributed by atoms with Crippen LogP contribution in [-0.2, 0) is 16.0 Å². The van der Waals surface area contributed by atoms with Crippen LogP contribution in [0, 0.1) is 0 Å². The molecule has 0 aliphatic heterocycles. The number of hydrogen-bond acceptors (Lipinski definition) is 3. The fourth-order valence-electron chi connectivity index (χ4n) is 2.77. The van der Waals surface area contributed by atoms with Gasteiger partial charge in [0.1, 0.15) is 6.04 Å². The van der Waals surface area contributed by atoms with Gasteiger partial charge >= 0.3 is 0 Å². The SMILES string of the molecule is C=CC[C@H](NC(C)=O)C(=O)N[C@H]1CCCc2[nH]c(=O)ccc21. The molecule has 0 saturated heterocycles. The van der Waals surface area contributed by atoms with Crippen molar-refractivity contribution in [1.29, 1.82) is 0 Å². The lowest BCUT2D eigenvalue weighted by molar-refractivity contribution is -0.128. The van der Waals surface area contributed by atoms with E-state index in [0.717, 1.165) is 30.5 Å². The Balaban J connectivity index is 2.13. The van der Waals surface area contributed by atoms with Gasteiger partial charge in [-0.3, -0.25) is 14.4 Å². The third-order valence-corrected chi connectivity index (χ3v) is 3.74. The summed E-state index contributed by atoms with van der Waals surface area (Å²) in [6.07, 6.45) is 4.48.